The molecule has 2 aromatic carbocycles. The minimum absolute atomic E-state index is 0.00600. The molecule has 4 aliphatic rings. The lowest BCUT2D eigenvalue weighted by molar-refractivity contribution is -0.177. The highest BCUT2D eigenvalue weighted by atomic mass is 16.3. The fraction of sp³-hybridized carbons (Fsp3) is 0.516. The first-order chi connectivity index (χ1) is 17.3. The van der Waals surface area contributed by atoms with Crippen molar-refractivity contribution in [3.8, 4) is 17.6 Å². The van der Waals surface area contributed by atoms with Crippen molar-refractivity contribution in [3.63, 3.8) is 0 Å². The number of aryl methyl sites for hydroxylation is 1. The van der Waals surface area contributed by atoms with Crippen LogP contribution in [0.15, 0.2) is 42.5 Å². The SMILES string of the molecule is Cc1cccc(C#CC(=O)N(C)[C@H]2CC[C@@]3(O)[C@H]4Cc5ccc(O)cc5[C@@]3(CCN4CC3CC3)C2)c1. The molecule has 0 aromatic heterocycles. The minimum Gasteiger partial charge on any atom is -0.508 e. The van der Waals surface area contributed by atoms with Crippen molar-refractivity contribution in [3.05, 3.63) is 64.7 Å². The molecule has 0 radical (unpaired) electrons. The Morgan fingerprint density at radius 2 is 2.00 bits per heavy atom. The molecule has 3 aliphatic carbocycles. The van der Waals surface area contributed by atoms with Crippen molar-refractivity contribution in [2.24, 2.45) is 5.92 Å². The molecule has 1 heterocycles. The van der Waals surface area contributed by atoms with Crippen LogP contribution in [0.3, 0.4) is 0 Å². The van der Waals surface area contributed by atoms with Gasteiger partial charge in [0.05, 0.1) is 5.60 Å². The Hall–Kier alpha value is -2.81. The molecule has 2 saturated carbocycles. The maximum Gasteiger partial charge on any atom is 0.298 e. The van der Waals surface area contributed by atoms with Crippen LogP contribution in [0.4, 0.5) is 0 Å². The van der Waals surface area contributed by atoms with Gasteiger partial charge in [0.25, 0.3) is 5.91 Å². The second-order valence-electron chi connectivity index (χ2n) is 11.7. The van der Waals surface area contributed by atoms with Gasteiger partial charge < -0.3 is 15.1 Å². The van der Waals surface area contributed by atoms with E-state index in [0.29, 0.717) is 12.8 Å². The first-order valence-electron chi connectivity index (χ1n) is 13.4. The highest BCUT2D eigenvalue weighted by molar-refractivity contribution is 5.94. The van der Waals surface area contributed by atoms with Crippen molar-refractivity contribution in [1.82, 2.24) is 9.80 Å². The Bertz CT molecular complexity index is 1260. The first-order valence-corrected chi connectivity index (χ1v) is 13.4. The molecule has 3 fully saturated rings. The highest BCUT2D eigenvalue weighted by Gasteiger charge is 2.65. The molecule has 2 N–H and O–H groups in total. The van der Waals surface area contributed by atoms with E-state index in [1.54, 1.807) is 11.0 Å². The van der Waals surface area contributed by atoms with Crippen molar-refractivity contribution in [2.75, 3.05) is 20.1 Å². The average molecular weight is 485 g/mol. The average Bonchev–Trinajstić information content (AvgIpc) is 3.68. The topological polar surface area (TPSA) is 64.0 Å². The standard InChI is InChI=1S/C31H36N2O3/c1-21-4-3-5-22(16-21)8-11-29(35)32(2)25-12-13-31(36)28-17-24-9-10-26(34)18-27(24)30(31,19-25)14-15-33(28)20-23-6-7-23/h3-5,9-10,16,18,23,25,28,34,36H,6-7,12-15,17,19-20H2,1-2H3/t25-,28+,30+,31+/m0/s1. The van der Waals surface area contributed by atoms with Crippen LogP contribution in [-0.4, -0.2) is 63.7 Å². The molecule has 0 unspecified atom stereocenters. The van der Waals surface area contributed by atoms with E-state index in [-0.39, 0.29) is 23.7 Å². The normalized spacial score (nSPS) is 31.0. The van der Waals surface area contributed by atoms with Crippen LogP contribution in [0.1, 0.15) is 60.8 Å². The summed E-state index contributed by atoms with van der Waals surface area (Å²) in [5, 5.41) is 22.9. The summed E-state index contributed by atoms with van der Waals surface area (Å²) in [4.78, 5) is 17.5. The zero-order chi connectivity index (χ0) is 25.1. The molecule has 1 amide bonds. The van der Waals surface area contributed by atoms with Crippen molar-refractivity contribution in [2.45, 2.75) is 75.0 Å². The second-order valence-corrected chi connectivity index (χ2v) is 11.7. The number of carbonyl (C=O) groups is 1. The molecule has 0 spiro atoms. The maximum absolute atomic E-state index is 13.1. The van der Waals surface area contributed by atoms with Crippen molar-refractivity contribution < 1.29 is 15.0 Å². The van der Waals surface area contributed by atoms with Gasteiger partial charge in [-0.15, -0.1) is 0 Å². The minimum atomic E-state index is -0.853. The molecular formula is C31H36N2O3. The van der Waals surface area contributed by atoms with Gasteiger partial charge in [-0.25, -0.2) is 0 Å². The van der Waals surface area contributed by atoms with Crippen LogP contribution in [0.5, 0.6) is 5.75 Å². The highest BCUT2D eigenvalue weighted by Crippen LogP contribution is 2.59. The zero-order valence-corrected chi connectivity index (χ0v) is 21.3. The number of hydrogen-bond donors (Lipinski definition) is 2. The lowest BCUT2D eigenvalue weighted by Crippen LogP contribution is -2.74. The van der Waals surface area contributed by atoms with Crippen LogP contribution in [-0.2, 0) is 16.6 Å². The molecule has 2 bridgehead atoms. The second kappa shape index (κ2) is 8.64. The van der Waals surface area contributed by atoms with Crippen LogP contribution in [0, 0.1) is 24.7 Å². The van der Waals surface area contributed by atoms with Gasteiger partial charge in [-0.3, -0.25) is 9.69 Å². The van der Waals surface area contributed by atoms with E-state index in [0.717, 1.165) is 55.0 Å². The largest absolute Gasteiger partial charge is 0.508 e. The number of aliphatic hydroxyl groups is 1. The summed E-state index contributed by atoms with van der Waals surface area (Å²) in [6.07, 6.45) is 6.38. The fourth-order valence-corrected chi connectivity index (χ4v) is 7.36. The number of phenolic OH excluding ortho intramolecular Hbond substituents is 1. The van der Waals surface area contributed by atoms with Gasteiger partial charge in [-0.1, -0.05) is 24.1 Å². The zero-order valence-electron chi connectivity index (χ0n) is 21.3. The third kappa shape index (κ3) is 3.83. The molecule has 2 aromatic rings. The Morgan fingerprint density at radius 3 is 2.78 bits per heavy atom. The Balaban J connectivity index is 1.31. The number of phenols is 1. The molecule has 188 valence electrons. The predicted octanol–water partition coefficient (Wildman–Crippen LogP) is 3.77. The van der Waals surface area contributed by atoms with Gasteiger partial charge >= 0.3 is 0 Å². The maximum atomic E-state index is 13.1. The quantitative estimate of drug-likeness (QED) is 0.651. The number of amides is 1. The van der Waals surface area contributed by atoms with E-state index in [9.17, 15) is 15.0 Å². The third-order valence-corrected chi connectivity index (χ3v) is 9.50. The Labute approximate surface area is 214 Å². The molecule has 1 aliphatic heterocycles. The van der Waals surface area contributed by atoms with Crippen LogP contribution in [0.2, 0.25) is 0 Å². The van der Waals surface area contributed by atoms with Gasteiger partial charge in [0, 0.05) is 42.6 Å². The number of benzene rings is 2. The molecular weight excluding hydrogens is 448 g/mol. The van der Waals surface area contributed by atoms with E-state index >= 15 is 0 Å². The number of aromatic hydroxyl groups is 1. The summed E-state index contributed by atoms with van der Waals surface area (Å²) in [5.74, 6) is 6.72. The number of likely N-dealkylation sites (tertiary alicyclic amines) is 1. The summed E-state index contributed by atoms with van der Waals surface area (Å²) in [6, 6.07) is 13.7. The molecule has 4 atom stereocenters. The summed E-state index contributed by atoms with van der Waals surface area (Å²) in [5.41, 5.74) is 2.96. The van der Waals surface area contributed by atoms with Gasteiger partial charge in [0.1, 0.15) is 5.75 Å². The van der Waals surface area contributed by atoms with E-state index in [1.165, 1.54) is 18.4 Å². The number of fused-ring (bicyclic) bond motifs is 1. The van der Waals surface area contributed by atoms with Gasteiger partial charge in [-0.2, -0.15) is 0 Å². The molecule has 1 saturated heterocycles. The van der Waals surface area contributed by atoms with Gasteiger partial charge in [-0.05, 0) is 105 Å². The Kier molecular flexibility index (Phi) is 5.66. The number of carbonyl (C=O) groups excluding carboxylic acids is 1. The third-order valence-electron chi connectivity index (χ3n) is 9.50. The molecule has 36 heavy (non-hydrogen) atoms. The smallest absolute Gasteiger partial charge is 0.298 e. The molecule has 5 heteroatoms. The number of piperidine rings is 1. The van der Waals surface area contributed by atoms with E-state index < -0.39 is 11.0 Å². The fourth-order valence-electron chi connectivity index (χ4n) is 7.36. The van der Waals surface area contributed by atoms with Crippen LogP contribution < -0.4 is 0 Å². The van der Waals surface area contributed by atoms with Crippen LogP contribution >= 0.6 is 0 Å². The number of nitrogens with zero attached hydrogens (tertiary/aromatic N) is 2. The summed E-state index contributed by atoms with van der Waals surface area (Å²) in [7, 11) is 1.85. The number of rotatable bonds is 3. The summed E-state index contributed by atoms with van der Waals surface area (Å²) in [6.45, 7) is 4.05. The summed E-state index contributed by atoms with van der Waals surface area (Å²) >= 11 is 0. The number of hydrogen-bond acceptors (Lipinski definition) is 4. The van der Waals surface area contributed by atoms with Gasteiger partial charge in [0.2, 0.25) is 0 Å². The van der Waals surface area contributed by atoms with E-state index in [1.807, 2.05) is 50.4 Å². The monoisotopic (exact) mass is 484 g/mol. The molecule has 5 nitrogen and oxygen atoms in total. The van der Waals surface area contributed by atoms with Crippen molar-refractivity contribution in [1.29, 1.82) is 0 Å². The van der Waals surface area contributed by atoms with Gasteiger partial charge in [0.15, 0.2) is 0 Å². The van der Waals surface area contributed by atoms with E-state index in [4.69, 9.17) is 0 Å². The van der Waals surface area contributed by atoms with Crippen molar-refractivity contribution >= 4 is 5.91 Å². The first kappa shape index (κ1) is 23.6. The predicted molar refractivity (Wildman–Crippen MR) is 140 cm³/mol. The summed E-state index contributed by atoms with van der Waals surface area (Å²) < 4.78 is 0. The van der Waals surface area contributed by atoms with Crippen LogP contribution in [0.25, 0.3) is 0 Å². The lowest BCUT2D eigenvalue weighted by Gasteiger charge is -2.65. The molecule has 6 rings (SSSR count). The lowest BCUT2D eigenvalue weighted by atomic mass is 9.48. The van der Waals surface area contributed by atoms with E-state index in [2.05, 4.69) is 16.7 Å². The Morgan fingerprint density at radius 1 is 1.17 bits per heavy atom.